The van der Waals surface area contributed by atoms with Crippen LogP contribution < -0.4 is 0 Å². The monoisotopic (exact) mass is 347 g/mol. The molecule has 0 unspecified atom stereocenters. The predicted molar refractivity (Wildman–Crippen MR) is 77.5 cm³/mol. The van der Waals surface area contributed by atoms with Crippen LogP contribution in [-0.4, -0.2) is 39.5 Å². The molecular formula is C13H18BrNO3S. The van der Waals surface area contributed by atoms with Gasteiger partial charge in [-0.3, -0.25) is 0 Å². The predicted octanol–water partition coefficient (Wildman–Crippen LogP) is 2.50. The maximum absolute atomic E-state index is 12.4. The second-order valence-corrected chi connectivity index (χ2v) is 7.76. The van der Waals surface area contributed by atoms with Crippen LogP contribution in [0.15, 0.2) is 33.6 Å². The number of benzene rings is 1. The summed E-state index contributed by atoms with van der Waals surface area (Å²) >= 11 is 3.30. The first-order chi connectivity index (χ1) is 9.00. The van der Waals surface area contributed by atoms with E-state index in [2.05, 4.69) is 15.9 Å². The Kier molecular flexibility index (Phi) is 5.00. The van der Waals surface area contributed by atoms with Crippen molar-refractivity contribution in [2.45, 2.75) is 17.7 Å². The highest BCUT2D eigenvalue weighted by Crippen LogP contribution is 2.22. The van der Waals surface area contributed by atoms with Crippen molar-refractivity contribution in [3.05, 3.63) is 28.7 Å². The van der Waals surface area contributed by atoms with E-state index in [0.717, 1.165) is 30.5 Å². The van der Waals surface area contributed by atoms with E-state index < -0.39 is 10.0 Å². The summed E-state index contributed by atoms with van der Waals surface area (Å²) in [6, 6.07) is 6.81. The number of sulfonamides is 1. The van der Waals surface area contributed by atoms with Crippen molar-refractivity contribution >= 4 is 26.0 Å². The molecule has 0 spiro atoms. The zero-order valence-corrected chi connectivity index (χ0v) is 13.3. The highest BCUT2D eigenvalue weighted by molar-refractivity contribution is 9.10. The van der Waals surface area contributed by atoms with Gasteiger partial charge in [0.1, 0.15) is 0 Å². The lowest BCUT2D eigenvalue weighted by molar-refractivity contribution is 0.0620. The number of hydrogen-bond donors (Lipinski definition) is 0. The molecule has 0 atom stereocenters. The zero-order chi connectivity index (χ0) is 13.9. The van der Waals surface area contributed by atoms with Gasteiger partial charge in [0.05, 0.1) is 4.90 Å². The molecule has 2 rings (SSSR count). The van der Waals surface area contributed by atoms with Crippen LogP contribution in [0.4, 0.5) is 0 Å². The van der Waals surface area contributed by atoms with Crippen LogP contribution in [-0.2, 0) is 14.8 Å². The Balaban J connectivity index is 2.10. The fourth-order valence-corrected chi connectivity index (χ4v) is 4.04. The Hall–Kier alpha value is -0.430. The lowest BCUT2D eigenvalue weighted by Crippen LogP contribution is -2.34. The third kappa shape index (κ3) is 3.78. The molecule has 0 aliphatic carbocycles. The molecule has 0 saturated carbocycles. The summed E-state index contributed by atoms with van der Waals surface area (Å²) in [5.74, 6) is 0.390. The van der Waals surface area contributed by atoms with Crippen molar-refractivity contribution in [2.24, 2.45) is 5.92 Å². The third-order valence-corrected chi connectivity index (χ3v) is 5.67. The number of nitrogens with zero attached hydrogens (tertiary/aromatic N) is 1. The first-order valence-corrected chi connectivity index (χ1v) is 8.53. The summed E-state index contributed by atoms with van der Waals surface area (Å²) < 4.78 is 32.4. The van der Waals surface area contributed by atoms with Crippen LogP contribution in [0.2, 0.25) is 0 Å². The Labute approximate surface area is 122 Å². The maximum atomic E-state index is 12.4. The summed E-state index contributed by atoms with van der Waals surface area (Å²) in [6.45, 7) is 2.02. The van der Waals surface area contributed by atoms with Gasteiger partial charge in [-0.2, -0.15) is 0 Å². The topological polar surface area (TPSA) is 46.6 Å². The molecule has 19 heavy (non-hydrogen) atoms. The summed E-state index contributed by atoms with van der Waals surface area (Å²) in [5, 5.41) is 0. The van der Waals surface area contributed by atoms with E-state index in [1.54, 1.807) is 25.2 Å². The van der Waals surface area contributed by atoms with Gasteiger partial charge in [-0.05, 0) is 37.0 Å². The summed E-state index contributed by atoms with van der Waals surface area (Å²) in [5.41, 5.74) is 0. The first kappa shape index (κ1) is 15.0. The molecule has 106 valence electrons. The third-order valence-electron chi connectivity index (χ3n) is 3.36. The van der Waals surface area contributed by atoms with Gasteiger partial charge in [-0.25, -0.2) is 12.7 Å². The van der Waals surface area contributed by atoms with Crippen LogP contribution in [0.1, 0.15) is 12.8 Å². The van der Waals surface area contributed by atoms with Crippen molar-refractivity contribution in [3.63, 3.8) is 0 Å². The quantitative estimate of drug-likeness (QED) is 0.840. The van der Waals surface area contributed by atoms with E-state index in [9.17, 15) is 8.42 Å². The highest BCUT2D eigenvalue weighted by atomic mass is 79.9. The number of hydrogen-bond acceptors (Lipinski definition) is 3. The van der Waals surface area contributed by atoms with E-state index >= 15 is 0 Å². The molecule has 1 aliphatic rings. The van der Waals surface area contributed by atoms with Gasteiger partial charge in [-0.1, -0.05) is 22.0 Å². The fraction of sp³-hybridized carbons (Fsp3) is 0.538. The first-order valence-electron chi connectivity index (χ1n) is 6.30. The van der Waals surface area contributed by atoms with E-state index in [1.165, 1.54) is 4.31 Å². The van der Waals surface area contributed by atoms with Crippen molar-refractivity contribution < 1.29 is 13.2 Å². The molecule has 0 bridgehead atoms. The summed E-state index contributed by atoms with van der Waals surface area (Å²) in [7, 11) is -1.75. The number of ether oxygens (including phenoxy) is 1. The van der Waals surface area contributed by atoms with Crippen molar-refractivity contribution in [3.8, 4) is 0 Å². The van der Waals surface area contributed by atoms with E-state index in [-0.39, 0.29) is 0 Å². The van der Waals surface area contributed by atoms with Gasteiger partial charge in [-0.15, -0.1) is 0 Å². The van der Waals surface area contributed by atoms with Gasteiger partial charge in [0.15, 0.2) is 0 Å². The highest BCUT2D eigenvalue weighted by Gasteiger charge is 2.25. The SMILES string of the molecule is CN(CC1CCOCC1)S(=O)(=O)c1cccc(Br)c1. The van der Waals surface area contributed by atoms with Gasteiger partial charge < -0.3 is 4.74 Å². The zero-order valence-electron chi connectivity index (χ0n) is 10.9. The Morgan fingerprint density at radius 2 is 2.05 bits per heavy atom. The maximum Gasteiger partial charge on any atom is 0.242 e. The minimum absolute atomic E-state index is 0.330. The van der Waals surface area contributed by atoms with Gasteiger partial charge in [0.25, 0.3) is 0 Å². The van der Waals surface area contributed by atoms with Crippen LogP contribution in [0.5, 0.6) is 0 Å². The minimum atomic E-state index is -3.40. The summed E-state index contributed by atoms with van der Waals surface area (Å²) in [4.78, 5) is 0.330. The minimum Gasteiger partial charge on any atom is -0.381 e. The molecule has 1 aromatic rings. The molecule has 1 aliphatic heterocycles. The average molecular weight is 348 g/mol. The molecule has 4 nitrogen and oxygen atoms in total. The average Bonchev–Trinajstić information content (AvgIpc) is 2.40. The van der Waals surface area contributed by atoms with Crippen molar-refractivity contribution in [1.29, 1.82) is 0 Å². The molecule has 0 radical (unpaired) electrons. The van der Waals surface area contributed by atoms with Crippen LogP contribution in [0, 0.1) is 5.92 Å². The van der Waals surface area contributed by atoms with Gasteiger partial charge in [0.2, 0.25) is 10.0 Å². The largest absolute Gasteiger partial charge is 0.381 e. The molecule has 6 heteroatoms. The lowest BCUT2D eigenvalue weighted by Gasteiger charge is -2.26. The normalized spacial score (nSPS) is 17.8. The molecular weight excluding hydrogens is 330 g/mol. The second-order valence-electron chi connectivity index (χ2n) is 4.80. The van der Waals surface area contributed by atoms with E-state index in [4.69, 9.17) is 4.74 Å². The molecule has 1 heterocycles. The fourth-order valence-electron chi connectivity index (χ4n) is 2.20. The molecule has 0 aromatic heterocycles. The smallest absolute Gasteiger partial charge is 0.242 e. The molecule has 1 saturated heterocycles. The molecule has 1 aromatic carbocycles. The van der Waals surface area contributed by atoms with Crippen LogP contribution in [0.3, 0.4) is 0 Å². The Morgan fingerprint density at radius 1 is 1.37 bits per heavy atom. The van der Waals surface area contributed by atoms with Crippen molar-refractivity contribution in [2.75, 3.05) is 26.8 Å². The van der Waals surface area contributed by atoms with Crippen LogP contribution in [0.25, 0.3) is 0 Å². The van der Waals surface area contributed by atoms with E-state index in [0.29, 0.717) is 17.4 Å². The van der Waals surface area contributed by atoms with E-state index in [1.807, 2.05) is 6.07 Å². The second kappa shape index (κ2) is 6.35. The molecule has 0 amide bonds. The molecule has 0 N–H and O–H groups in total. The molecule has 1 fully saturated rings. The van der Waals surface area contributed by atoms with Crippen LogP contribution >= 0.6 is 15.9 Å². The summed E-state index contributed by atoms with van der Waals surface area (Å²) in [6.07, 6.45) is 1.86. The number of rotatable bonds is 4. The van der Waals surface area contributed by atoms with Gasteiger partial charge >= 0.3 is 0 Å². The Bertz CT molecular complexity index is 526. The lowest BCUT2D eigenvalue weighted by atomic mass is 10.0. The number of halogens is 1. The Morgan fingerprint density at radius 3 is 2.68 bits per heavy atom. The van der Waals surface area contributed by atoms with Crippen molar-refractivity contribution in [1.82, 2.24) is 4.31 Å². The standard InChI is InChI=1S/C13H18BrNO3S/c1-15(10-11-5-7-18-8-6-11)19(16,17)13-4-2-3-12(14)9-13/h2-4,9,11H,5-8,10H2,1H3. The van der Waals surface area contributed by atoms with Gasteiger partial charge in [0, 0.05) is 31.3 Å².